The van der Waals surface area contributed by atoms with Crippen LogP contribution in [0.3, 0.4) is 0 Å². The maximum atomic E-state index is 13.0. The van der Waals surface area contributed by atoms with Gasteiger partial charge in [-0.3, -0.25) is 19.4 Å². The number of anilines is 2. The van der Waals surface area contributed by atoms with Crippen molar-refractivity contribution in [3.05, 3.63) is 88.1 Å². The van der Waals surface area contributed by atoms with E-state index in [1.165, 1.54) is 6.20 Å². The molecule has 5 rings (SSSR count). The van der Waals surface area contributed by atoms with Crippen molar-refractivity contribution in [3.63, 3.8) is 0 Å². The van der Waals surface area contributed by atoms with Gasteiger partial charge in [-0.2, -0.15) is 0 Å². The molecule has 0 radical (unpaired) electrons. The van der Waals surface area contributed by atoms with E-state index in [9.17, 15) is 14.4 Å². The number of amides is 2. The fourth-order valence-corrected chi connectivity index (χ4v) is 5.21. The third kappa shape index (κ3) is 4.87. The number of hydrogen-bond acceptors (Lipinski definition) is 6. The summed E-state index contributed by atoms with van der Waals surface area (Å²) in [5.41, 5.74) is 3.39. The Hall–Kier alpha value is -3.98. The molecule has 4 heterocycles. The Kier molecular flexibility index (Phi) is 6.81. The van der Waals surface area contributed by atoms with Gasteiger partial charge in [0.05, 0.1) is 23.5 Å². The minimum absolute atomic E-state index is 0.0453. The van der Waals surface area contributed by atoms with Gasteiger partial charge in [-0.15, -0.1) is 0 Å². The highest BCUT2D eigenvalue weighted by molar-refractivity contribution is 6.07. The van der Waals surface area contributed by atoms with Gasteiger partial charge in [0.1, 0.15) is 0 Å². The van der Waals surface area contributed by atoms with Crippen LogP contribution < -0.4 is 21.1 Å². The first-order valence-corrected chi connectivity index (χ1v) is 12.1. The molecular formula is C27H29N5O4. The number of carbonyl (C=O) groups is 2. The van der Waals surface area contributed by atoms with Crippen molar-refractivity contribution in [1.82, 2.24) is 14.9 Å². The van der Waals surface area contributed by atoms with Crippen molar-refractivity contribution in [2.75, 3.05) is 43.6 Å². The molecule has 1 fully saturated rings. The molecule has 3 aromatic rings. The van der Waals surface area contributed by atoms with E-state index in [4.69, 9.17) is 4.74 Å². The maximum absolute atomic E-state index is 13.0. The summed E-state index contributed by atoms with van der Waals surface area (Å²) in [6.45, 7) is 2.96. The minimum atomic E-state index is -0.296. The summed E-state index contributed by atoms with van der Waals surface area (Å²) < 4.78 is 6.91. The Morgan fingerprint density at radius 2 is 1.94 bits per heavy atom. The number of benzene rings is 1. The lowest BCUT2D eigenvalue weighted by Gasteiger charge is -2.44. The molecule has 36 heavy (non-hydrogen) atoms. The van der Waals surface area contributed by atoms with Crippen LogP contribution in [0.4, 0.5) is 11.4 Å². The molecule has 9 heteroatoms. The molecule has 2 amide bonds. The molecule has 2 bridgehead atoms. The molecule has 186 valence electrons. The molecule has 0 spiro atoms. The van der Waals surface area contributed by atoms with Crippen molar-refractivity contribution in [2.24, 2.45) is 5.92 Å². The minimum Gasteiger partial charge on any atom is -0.383 e. The number of ether oxygens (including phenoxy) is 1. The van der Waals surface area contributed by atoms with Gasteiger partial charge >= 0.3 is 0 Å². The summed E-state index contributed by atoms with van der Waals surface area (Å²) in [5.74, 6) is -0.00442. The van der Waals surface area contributed by atoms with Gasteiger partial charge in [0.25, 0.3) is 17.4 Å². The SMILES string of the molecule is COCCNC(=O)c1ccc(N2C[C@H]3C[C@@H](C2)c2cccc(=O)n2C3)c(NC(=O)c2cccnc2)c1. The molecule has 2 aliphatic heterocycles. The second-order valence-electron chi connectivity index (χ2n) is 9.28. The van der Waals surface area contributed by atoms with Crippen LogP contribution in [0.5, 0.6) is 0 Å². The van der Waals surface area contributed by atoms with Crippen molar-refractivity contribution in [2.45, 2.75) is 18.9 Å². The summed E-state index contributed by atoms with van der Waals surface area (Å²) in [7, 11) is 1.58. The first-order valence-electron chi connectivity index (χ1n) is 12.1. The molecule has 1 aromatic carbocycles. The highest BCUT2D eigenvalue weighted by Crippen LogP contribution is 2.39. The molecule has 2 aliphatic rings. The molecular weight excluding hydrogens is 458 g/mol. The molecule has 2 aromatic heterocycles. The highest BCUT2D eigenvalue weighted by Gasteiger charge is 2.35. The van der Waals surface area contributed by atoms with Crippen LogP contribution in [0.2, 0.25) is 0 Å². The average molecular weight is 488 g/mol. The smallest absolute Gasteiger partial charge is 0.257 e. The van der Waals surface area contributed by atoms with Crippen molar-refractivity contribution < 1.29 is 14.3 Å². The maximum Gasteiger partial charge on any atom is 0.257 e. The summed E-state index contributed by atoms with van der Waals surface area (Å²) in [6, 6.07) is 14.3. The summed E-state index contributed by atoms with van der Waals surface area (Å²) in [5, 5.41) is 5.83. The molecule has 9 nitrogen and oxygen atoms in total. The zero-order valence-electron chi connectivity index (χ0n) is 20.1. The summed E-state index contributed by atoms with van der Waals surface area (Å²) in [6.07, 6.45) is 4.15. The fraction of sp³-hybridized carbons (Fsp3) is 0.333. The zero-order valence-corrected chi connectivity index (χ0v) is 20.1. The van der Waals surface area contributed by atoms with E-state index in [0.29, 0.717) is 42.4 Å². The lowest BCUT2D eigenvalue weighted by molar-refractivity contribution is 0.0936. The van der Waals surface area contributed by atoms with Crippen molar-refractivity contribution in [3.8, 4) is 0 Å². The lowest BCUT2D eigenvalue weighted by Crippen LogP contribution is -2.47. The van der Waals surface area contributed by atoms with E-state index in [1.807, 2.05) is 22.8 Å². The molecule has 0 unspecified atom stereocenters. The first kappa shape index (κ1) is 23.7. The quantitative estimate of drug-likeness (QED) is 0.496. The number of nitrogens with zero attached hydrogens (tertiary/aromatic N) is 3. The number of fused-ring (bicyclic) bond motifs is 4. The van der Waals surface area contributed by atoms with E-state index in [1.54, 1.807) is 43.6 Å². The van der Waals surface area contributed by atoms with Crippen LogP contribution in [-0.2, 0) is 11.3 Å². The van der Waals surface area contributed by atoms with Crippen molar-refractivity contribution in [1.29, 1.82) is 0 Å². The molecule has 1 saturated heterocycles. The predicted molar refractivity (Wildman–Crippen MR) is 137 cm³/mol. The number of pyridine rings is 2. The standard InChI is InChI=1S/C27H29N5O4/c1-36-11-10-29-26(34)19-7-8-24(22(13-19)30-27(35)20-4-3-9-28-14-20)31-15-18-12-21(17-31)23-5-2-6-25(33)32(23)16-18/h2-9,13-14,18,21H,10-12,15-17H2,1H3,(H,29,34)(H,30,35)/t18-,21+/m1/s1. The Balaban J connectivity index is 1.45. The molecule has 2 atom stereocenters. The van der Waals surface area contributed by atoms with Gasteiger partial charge in [-0.05, 0) is 48.7 Å². The molecule has 2 N–H and O–H groups in total. The summed E-state index contributed by atoms with van der Waals surface area (Å²) in [4.78, 5) is 44.4. The van der Waals surface area contributed by atoms with Gasteiger partial charge in [0.2, 0.25) is 0 Å². The van der Waals surface area contributed by atoms with E-state index in [0.717, 1.165) is 30.9 Å². The van der Waals surface area contributed by atoms with Crippen LogP contribution in [-0.4, -0.2) is 54.7 Å². The zero-order chi connectivity index (χ0) is 25.1. The number of nitrogens with one attached hydrogen (secondary N) is 2. The second kappa shape index (κ2) is 10.3. The van der Waals surface area contributed by atoms with Crippen LogP contribution in [0.15, 0.2) is 65.7 Å². The average Bonchev–Trinajstić information content (AvgIpc) is 2.90. The van der Waals surface area contributed by atoms with E-state index < -0.39 is 0 Å². The highest BCUT2D eigenvalue weighted by atomic mass is 16.5. The summed E-state index contributed by atoms with van der Waals surface area (Å²) >= 11 is 0. The van der Waals surface area contributed by atoms with Crippen LogP contribution in [0.25, 0.3) is 0 Å². The van der Waals surface area contributed by atoms with Crippen LogP contribution in [0, 0.1) is 5.92 Å². The van der Waals surface area contributed by atoms with Crippen LogP contribution in [0.1, 0.15) is 38.7 Å². The number of methoxy groups -OCH3 is 1. The number of carbonyl (C=O) groups excluding carboxylic acids is 2. The third-order valence-corrected chi connectivity index (χ3v) is 6.84. The Bertz CT molecular complexity index is 1320. The number of aromatic nitrogens is 2. The van der Waals surface area contributed by atoms with Gasteiger partial charge < -0.3 is 24.8 Å². The lowest BCUT2D eigenvalue weighted by atomic mass is 9.83. The molecule has 0 aliphatic carbocycles. The number of hydrogen-bond donors (Lipinski definition) is 2. The van der Waals surface area contributed by atoms with E-state index in [-0.39, 0.29) is 23.3 Å². The Morgan fingerprint density at radius 1 is 1.06 bits per heavy atom. The second-order valence-corrected chi connectivity index (χ2v) is 9.28. The van der Waals surface area contributed by atoms with Gasteiger partial charge in [-0.25, -0.2) is 0 Å². The van der Waals surface area contributed by atoms with Crippen LogP contribution >= 0.6 is 0 Å². The van der Waals surface area contributed by atoms with Gasteiger partial charge in [-0.1, -0.05) is 6.07 Å². The Morgan fingerprint density at radius 3 is 2.75 bits per heavy atom. The van der Waals surface area contributed by atoms with Gasteiger partial charge in [0.15, 0.2) is 0 Å². The molecule has 0 saturated carbocycles. The number of piperidine rings is 1. The third-order valence-electron chi connectivity index (χ3n) is 6.84. The normalized spacial score (nSPS) is 18.3. The monoisotopic (exact) mass is 487 g/mol. The van der Waals surface area contributed by atoms with Crippen molar-refractivity contribution >= 4 is 23.2 Å². The largest absolute Gasteiger partial charge is 0.383 e. The topological polar surface area (TPSA) is 106 Å². The van der Waals surface area contributed by atoms with E-state index in [2.05, 4.69) is 20.5 Å². The van der Waals surface area contributed by atoms with Gasteiger partial charge in [0, 0.05) is 68.9 Å². The Labute approximate surface area is 209 Å². The first-order chi connectivity index (χ1) is 17.5. The number of rotatable bonds is 7. The fourth-order valence-electron chi connectivity index (χ4n) is 5.21. The van der Waals surface area contributed by atoms with E-state index >= 15 is 0 Å². The predicted octanol–water partition coefficient (Wildman–Crippen LogP) is 2.50.